The van der Waals surface area contributed by atoms with Crippen LogP contribution in [0.15, 0.2) is 28.7 Å². The van der Waals surface area contributed by atoms with Gasteiger partial charge in [0.15, 0.2) is 6.61 Å². The monoisotopic (exact) mass is 370 g/mol. The minimum atomic E-state index is -0.664. The Morgan fingerprint density at radius 3 is 2.59 bits per heavy atom. The van der Waals surface area contributed by atoms with Crippen LogP contribution in [-0.2, 0) is 14.3 Å². The predicted molar refractivity (Wildman–Crippen MR) is 85.3 cm³/mol. The highest BCUT2D eigenvalue weighted by Crippen LogP contribution is 2.11. The van der Waals surface area contributed by atoms with Crippen molar-refractivity contribution in [2.45, 2.75) is 13.8 Å². The lowest BCUT2D eigenvalue weighted by Crippen LogP contribution is -2.35. The van der Waals surface area contributed by atoms with Gasteiger partial charge in [0.25, 0.3) is 11.8 Å². The van der Waals surface area contributed by atoms with Crippen LogP contribution >= 0.6 is 15.9 Å². The van der Waals surface area contributed by atoms with Crippen molar-refractivity contribution in [2.24, 2.45) is 5.92 Å². The van der Waals surface area contributed by atoms with Crippen LogP contribution in [-0.4, -0.2) is 37.5 Å². The van der Waals surface area contributed by atoms with Gasteiger partial charge in [0.1, 0.15) is 6.54 Å². The molecule has 0 radical (unpaired) electrons. The number of amides is 2. The Bertz CT molecular complexity index is 546. The zero-order chi connectivity index (χ0) is 16.5. The molecule has 0 fully saturated rings. The van der Waals surface area contributed by atoms with E-state index >= 15 is 0 Å². The summed E-state index contributed by atoms with van der Waals surface area (Å²) in [4.78, 5) is 34.6. The third-order valence-corrected chi connectivity index (χ3v) is 3.05. The Labute approximate surface area is 137 Å². The summed E-state index contributed by atoms with van der Waals surface area (Å²) in [6.07, 6.45) is 0. The summed E-state index contributed by atoms with van der Waals surface area (Å²) in [7, 11) is 0. The van der Waals surface area contributed by atoms with E-state index in [0.29, 0.717) is 18.0 Å². The summed E-state index contributed by atoms with van der Waals surface area (Å²) in [5, 5.41) is 5.06. The summed E-state index contributed by atoms with van der Waals surface area (Å²) in [5.74, 6) is -1.09. The fourth-order valence-corrected chi connectivity index (χ4v) is 1.85. The second-order valence-corrected chi connectivity index (χ2v) is 5.97. The lowest BCUT2D eigenvalue weighted by Gasteiger charge is -2.09. The minimum absolute atomic E-state index is 0.289. The van der Waals surface area contributed by atoms with Gasteiger partial charge in [-0.25, -0.2) is 0 Å². The Morgan fingerprint density at radius 2 is 1.95 bits per heavy atom. The maximum atomic E-state index is 11.8. The van der Waals surface area contributed by atoms with E-state index in [2.05, 4.69) is 26.6 Å². The van der Waals surface area contributed by atoms with Crippen LogP contribution in [0, 0.1) is 5.92 Å². The van der Waals surface area contributed by atoms with E-state index in [1.54, 1.807) is 24.3 Å². The van der Waals surface area contributed by atoms with Gasteiger partial charge in [-0.2, -0.15) is 0 Å². The molecule has 120 valence electrons. The van der Waals surface area contributed by atoms with Gasteiger partial charge in [-0.05, 0) is 24.1 Å². The number of hydrogen-bond donors (Lipinski definition) is 2. The number of nitrogens with one attached hydrogen (secondary N) is 2. The van der Waals surface area contributed by atoms with Crippen LogP contribution in [0.4, 0.5) is 0 Å². The van der Waals surface area contributed by atoms with E-state index in [-0.39, 0.29) is 25.0 Å². The van der Waals surface area contributed by atoms with Crippen LogP contribution in [0.25, 0.3) is 0 Å². The molecule has 0 bridgehead atoms. The van der Waals surface area contributed by atoms with Crippen molar-refractivity contribution in [1.29, 1.82) is 0 Å². The fourth-order valence-electron chi connectivity index (χ4n) is 1.45. The molecule has 0 aliphatic carbocycles. The van der Waals surface area contributed by atoms with Crippen molar-refractivity contribution in [3.05, 3.63) is 34.3 Å². The highest BCUT2D eigenvalue weighted by molar-refractivity contribution is 9.10. The number of halogens is 1. The number of carbonyl (C=O) groups is 3. The van der Waals surface area contributed by atoms with Crippen molar-refractivity contribution in [2.75, 3.05) is 19.7 Å². The lowest BCUT2D eigenvalue weighted by atomic mass is 10.2. The number of esters is 1. The van der Waals surface area contributed by atoms with Crippen LogP contribution in [0.5, 0.6) is 0 Å². The van der Waals surface area contributed by atoms with Gasteiger partial charge in [0.2, 0.25) is 0 Å². The van der Waals surface area contributed by atoms with Crippen molar-refractivity contribution >= 4 is 33.7 Å². The molecule has 0 aliphatic rings. The molecule has 2 N–H and O–H groups in total. The molecular weight excluding hydrogens is 352 g/mol. The van der Waals surface area contributed by atoms with Gasteiger partial charge < -0.3 is 15.4 Å². The highest BCUT2D eigenvalue weighted by atomic mass is 79.9. The number of ether oxygens (including phenoxy) is 1. The summed E-state index contributed by atoms with van der Waals surface area (Å²) in [6, 6.07) is 6.78. The zero-order valence-electron chi connectivity index (χ0n) is 12.5. The molecule has 2 amide bonds. The molecule has 22 heavy (non-hydrogen) atoms. The van der Waals surface area contributed by atoms with Crippen molar-refractivity contribution in [3.8, 4) is 0 Å². The highest BCUT2D eigenvalue weighted by Gasteiger charge is 2.11. The molecule has 0 saturated carbocycles. The molecular formula is C15H19BrN2O4. The third kappa shape index (κ3) is 7.21. The smallest absolute Gasteiger partial charge is 0.325 e. The zero-order valence-corrected chi connectivity index (χ0v) is 14.1. The second-order valence-electron chi connectivity index (χ2n) is 5.05. The number of benzene rings is 1. The lowest BCUT2D eigenvalue weighted by molar-refractivity contribution is -0.147. The van der Waals surface area contributed by atoms with Crippen molar-refractivity contribution in [3.63, 3.8) is 0 Å². The standard InChI is InChI=1S/C15H19BrN2O4/c1-10(2)7-17-13(19)9-22-14(20)8-18-15(21)11-4-3-5-12(16)6-11/h3-6,10H,7-9H2,1-2H3,(H,17,19)(H,18,21). The van der Waals surface area contributed by atoms with Crippen LogP contribution in [0.1, 0.15) is 24.2 Å². The average molecular weight is 371 g/mol. The van der Waals surface area contributed by atoms with Gasteiger partial charge >= 0.3 is 5.97 Å². The molecule has 0 aromatic heterocycles. The largest absolute Gasteiger partial charge is 0.454 e. The van der Waals surface area contributed by atoms with Gasteiger partial charge in [0.05, 0.1) is 0 Å². The Kier molecular flexibility index (Phi) is 7.59. The first-order valence-electron chi connectivity index (χ1n) is 6.84. The molecule has 0 heterocycles. The molecule has 0 atom stereocenters. The van der Waals surface area contributed by atoms with E-state index in [0.717, 1.165) is 4.47 Å². The van der Waals surface area contributed by atoms with E-state index in [1.807, 2.05) is 13.8 Å². The topological polar surface area (TPSA) is 84.5 Å². The summed E-state index contributed by atoms with van der Waals surface area (Å²) < 4.78 is 5.54. The normalized spacial score (nSPS) is 10.2. The molecule has 0 aliphatic heterocycles. The average Bonchev–Trinajstić information content (AvgIpc) is 2.48. The summed E-state index contributed by atoms with van der Waals surface area (Å²) in [5.41, 5.74) is 0.428. The quantitative estimate of drug-likeness (QED) is 0.712. The maximum absolute atomic E-state index is 11.8. The van der Waals surface area contributed by atoms with Gasteiger partial charge in [-0.1, -0.05) is 35.8 Å². The Morgan fingerprint density at radius 1 is 1.23 bits per heavy atom. The number of carbonyl (C=O) groups excluding carboxylic acids is 3. The molecule has 6 nitrogen and oxygen atoms in total. The minimum Gasteiger partial charge on any atom is -0.454 e. The number of rotatable bonds is 7. The predicted octanol–water partition coefficient (Wildman–Crippen LogP) is 1.49. The van der Waals surface area contributed by atoms with Gasteiger partial charge in [0, 0.05) is 16.6 Å². The van der Waals surface area contributed by atoms with Crippen LogP contribution in [0.3, 0.4) is 0 Å². The van der Waals surface area contributed by atoms with Gasteiger partial charge in [-0.15, -0.1) is 0 Å². The third-order valence-electron chi connectivity index (χ3n) is 2.55. The molecule has 1 aromatic carbocycles. The molecule has 1 rings (SSSR count). The van der Waals surface area contributed by atoms with Crippen LogP contribution in [0.2, 0.25) is 0 Å². The first kappa shape index (κ1) is 18.2. The van der Waals surface area contributed by atoms with E-state index < -0.39 is 5.97 Å². The van der Waals surface area contributed by atoms with Gasteiger partial charge in [-0.3, -0.25) is 14.4 Å². The molecule has 0 unspecified atom stereocenters. The molecule has 1 aromatic rings. The number of hydrogen-bond acceptors (Lipinski definition) is 4. The Balaban J connectivity index is 2.28. The van der Waals surface area contributed by atoms with Crippen LogP contribution < -0.4 is 10.6 Å². The summed E-state index contributed by atoms with van der Waals surface area (Å²) >= 11 is 3.26. The van der Waals surface area contributed by atoms with E-state index in [4.69, 9.17) is 4.74 Å². The summed E-state index contributed by atoms with van der Waals surface area (Å²) in [6.45, 7) is 3.81. The Hall–Kier alpha value is -1.89. The maximum Gasteiger partial charge on any atom is 0.325 e. The first-order chi connectivity index (χ1) is 10.4. The fraction of sp³-hybridized carbons (Fsp3) is 0.400. The molecule has 0 saturated heterocycles. The van der Waals surface area contributed by atoms with E-state index in [1.165, 1.54) is 0 Å². The molecule has 7 heteroatoms. The second kappa shape index (κ2) is 9.19. The molecule has 0 spiro atoms. The first-order valence-corrected chi connectivity index (χ1v) is 7.64. The SMILES string of the molecule is CC(C)CNC(=O)COC(=O)CNC(=O)c1cccc(Br)c1. The van der Waals surface area contributed by atoms with Crippen molar-refractivity contribution in [1.82, 2.24) is 10.6 Å². The van der Waals surface area contributed by atoms with E-state index in [9.17, 15) is 14.4 Å². The van der Waals surface area contributed by atoms with Crippen molar-refractivity contribution < 1.29 is 19.1 Å².